The van der Waals surface area contributed by atoms with Gasteiger partial charge in [0.15, 0.2) is 0 Å². The van der Waals surface area contributed by atoms with Crippen LogP contribution in [0, 0.1) is 0 Å². The van der Waals surface area contributed by atoms with Crippen LogP contribution in [0.15, 0.2) is 0 Å². The van der Waals surface area contributed by atoms with E-state index in [0.29, 0.717) is 13.0 Å². The van der Waals surface area contributed by atoms with Gasteiger partial charge in [-0.25, -0.2) is 0 Å². The summed E-state index contributed by atoms with van der Waals surface area (Å²) in [4.78, 5) is 11.3. The Balaban J connectivity index is 2.55. The molecule has 2 atom stereocenters. The van der Waals surface area contributed by atoms with E-state index in [1.54, 1.807) is 0 Å². The number of nitrogens with one attached hydrogen (secondary N) is 1. The largest absolute Gasteiger partial charge is 0.306 e. The lowest BCUT2D eigenvalue weighted by Gasteiger charge is -2.14. The molecule has 0 spiro atoms. The molecule has 12 heavy (non-hydrogen) atoms. The zero-order valence-electron chi connectivity index (χ0n) is 5.99. The summed E-state index contributed by atoms with van der Waals surface area (Å²) < 4.78 is -1.83. The molecule has 0 bridgehead atoms. The molecular weight excluding hydrogens is 244 g/mol. The number of hydrogen-bond donors (Lipinski definition) is 1. The Hall–Kier alpha value is 0.790. The van der Waals surface area contributed by atoms with Gasteiger partial charge in [-0.3, -0.25) is 4.79 Å². The van der Waals surface area contributed by atoms with Gasteiger partial charge in [0.2, 0.25) is 9.58 Å². The first-order valence-electron chi connectivity index (χ1n) is 3.39. The summed E-state index contributed by atoms with van der Waals surface area (Å²) >= 11 is 22.0. The zero-order valence-corrected chi connectivity index (χ0v) is 9.01. The van der Waals surface area contributed by atoms with Gasteiger partial charge in [0.05, 0.1) is 6.04 Å². The summed E-state index contributed by atoms with van der Waals surface area (Å²) in [6.45, 7) is 0.582. The highest BCUT2D eigenvalue weighted by molar-refractivity contribution is 6.76. The van der Waals surface area contributed by atoms with E-state index in [1.165, 1.54) is 0 Å². The van der Waals surface area contributed by atoms with Crippen LogP contribution in [0.4, 0.5) is 0 Å². The summed E-state index contributed by atoms with van der Waals surface area (Å²) in [6, 6.07) is -0.417. The van der Waals surface area contributed by atoms with Crippen LogP contribution in [0.25, 0.3) is 0 Å². The monoisotopic (exact) mass is 249 g/mol. The van der Waals surface area contributed by atoms with Gasteiger partial charge in [0.1, 0.15) is 0 Å². The Morgan fingerprint density at radius 3 is 2.33 bits per heavy atom. The zero-order chi connectivity index (χ0) is 9.35. The van der Waals surface area contributed by atoms with Crippen molar-refractivity contribution in [1.29, 1.82) is 0 Å². The molecule has 1 N–H and O–H groups in total. The summed E-state index contributed by atoms with van der Waals surface area (Å²) in [5.74, 6) is -0.435. The van der Waals surface area contributed by atoms with E-state index in [4.69, 9.17) is 46.4 Å². The summed E-state index contributed by atoms with van der Waals surface area (Å²) in [6.07, 6.45) is 0.522. The van der Waals surface area contributed by atoms with Crippen molar-refractivity contribution in [2.45, 2.75) is 21.6 Å². The number of rotatable bonds is 1. The SMILES string of the molecule is O=C(C1CC(Cl)CN1)C(Cl)(Cl)Cl. The van der Waals surface area contributed by atoms with Crippen molar-refractivity contribution in [3.8, 4) is 0 Å². The molecule has 0 aromatic heterocycles. The Labute approximate surface area is 90.5 Å². The van der Waals surface area contributed by atoms with E-state index in [0.717, 1.165) is 0 Å². The van der Waals surface area contributed by atoms with Crippen molar-refractivity contribution in [2.24, 2.45) is 0 Å². The van der Waals surface area contributed by atoms with Crippen molar-refractivity contribution in [3.63, 3.8) is 0 Å². The lowest BCUT2D eigenvalue weighted by atomic mass is 10.1. The molecule has 1 fully saturated rings. The minimum atomic E-state index is -1.83. The second kappa shape index (κ2) is 3.89. The number of halogens is 4. The summed E-state index contributed by atoms with van der Waals surface area (Å²) in [5.41, 5.74) is 0. The normalized spacial score (nSPS) is 30.7. The average molecular weight is 251 g/mol. The van der Waals surface area contributed by atoms with Gasteiger partial charge in [0.25, 0.3) is 0 Å². The van der Waals surface area contributed by atoms with Crippen molar-refractivity contribution < 1.29 is 4.79 Å². The van der Waals surface area contributed by atoms with Crippen LogP contribution in [0.5, 0.6) is 0 Å². The van der Waals surface area contributed by atoms with Crippen LogP contribution in [0.3, 0.4) is 0 Å². The smallest absolute Gasteiger partial charge is 0.250 e. The van der Waals surface area contributed by atoms with Crippen LogP contribution in [0.1, 0.15) is 6.42 Å². The van der Waals surface area contributed by atoms with Crippen molar-refractivity contribution in [3.05, 3.63) is 0 Å². The quantitative estimate of drug-likeness (QED) is 0.721. The van der Waals surface area contributed by atoms with Crippen LogP contribution >= 0.6 is 46.4 Å². The maximum atomic E-state index is 11.3. The van der Waals surface area contributed by atoms with E-state index in [1.807, 2.05) is 0 Å². The van der Waals surface area contributed by atoms with E-state index < -0.39 is 15.6 Å². The third kappa shape index (κ3) is 2.64. The maximum absolute atomic E-state index is 11.3. The predicted octanol–water partition coefficient (Wildman–Crippen LogP) is 1.89. The molecule has 0 aromatic carbocycles. The Bertz CT molecular complexity index is 190. The Kier molecular flexibility index (Phi) is 3.52. The standard InChI is InChI=1S/C6H7Cl4NO/c7-3-1-4(11-2-3)5(12)6(8,9)10/h3-4,11H,1-2H2. The molecule has 1 saturated heterocycles. The van der Waals surface area contributed by atoms with Gasteiger partial charge < -0.3 is 5.32 Å². The van der Waals surface area contributed by atoms with E-state index in [-0.39, 0.29) is 5.38 Å². The van der Waals surface area contributed by atoms with Crippen molar-refractivity contribution in [2.75, 3.05) is 6.54 Å². The van der Waals surface area contributed by atoms with E-state index >= 15 is 0 Å². The second-order valence-electron chi connectivity index (χ2n) is 2.66. The minimum Gasteiger partial charge on any atom is -0.306 e. The predicted molar refractivity (Wildman–Crippen MR) is 51.3 cm³/mol. The first-order chi connectivity index (χ1) is 5.41. The number of hydrogen-bond acceptors (Lipinski definition) is 2. The molecule has 2 unspecified atom stereocenters. The first kappa shape index (κ1) is 10.9. The van der Waals surface area contributed by atoms with Gasteiger partial charge >= 0.3 is 0 Å². The molecular formula is C6H7Cl4NO. The van der Waals surface area contributed by atoms with Crippen LogP contribution in [0.2, 0.25) is 0 Å². The average Bonchev–Trinajstić information content (AvgIpc) is 2.32. The van der Waals surface area contributed by atoms with Crippen LogP contribution in [-0.4, -0.2) is 27.5 Å². The molecule has 0 amide bonds. The van der Waals surface area contributed by atoms with Gasteiger partial charge in [-0.1, -0.05) is 34.8 Å². The molecule has 2 nitrogen and oxygen atoms in total. The molecule has 0 aliphatic carbocycles. The molecule has 1 aliphatic heterocycles. The maximum Gasteiger partial charge on any atom is 0.250 e. The van der Waals surface area contributed by atoms with Crippen LogP contribution in [-0.2, 0) is 4.79 Å². The van der Waals surface area contributed by atoms with Gasteiger partial charge in [0, 0.05) is 11.9 Å². The second-order valence-corrected chi connectivity index (χ2v) is 5.55. The molecule has 1 rings (SSSR count). The minimum absolute atomic E-state index is 0.0497. The number of carbonyl (C=O) groups excluding carboxylic acids is 1. The molecule has 0 aromatic rings. The molecule has 6 heteroatoms. The fourth-order valence-electron chi connectivity index (χ4n) is 1.09. The van der Waals surface area contributed by atoms with Crippen LogP contribution < -0.4 is 5.32 Å². The fourth-order valence-corrected chi connectivity index (χ4v) is 1.75. The van der Waals surface area contributed by atoms with Gasteiger partial charge in [-0.2, -0.15) is 0 Å². The lowest BCUT2D eigenvalue weighted by Crippen LogP contribution is -2.38. The molecule has 0 radical (unpaired) electrons. The fraction of sp³-hybridized carbons (Fsp3) is 0.833. The lowest BCUT2D eigenvalue weighted by molar-refractivity contribution is -0.119. The third-order valence-corrected chi connectivity index (χ3v) is 2.56. The topological polar surface area (TPSA) is 29.1 Å². The van der Waals surface area contributed by atoms with Gasteiger partial charge in [-0.15, -0.1) is 11.6 Å². The first-order valence-corrected chi connectivity index (χ1v) is 4.97. The third-order valence-electron chi connectivity index (χ3n) is 1.67. The van der Waals surface area contributed by atoms with E-state index in [9.17, 15) is 4.79 Å². The molecule has 70 valence electrons. The highest BCUT2D eigenvalue weighted by atomic mass is 35.6. The highest BCUT2D eigenvalue weighted by Crippen LogP contribution is 2.30. The van der Waals surface area contributed by atoms with Crippen molar-refractivity contribution in [1.82, 2.24) is 5.32 Å². The van der Waals surface area contributed by atoms with Gasteiger partial charge in [-0.05, 0) is 6.42 Å². The van der Waals surface area contributed by atoms with Crippen molar-refractivity contribution >= 4 is 52.2 Å². The number of Topliss-reactive ketones (excluding diaryl/α,β-unsaturated/α-hetero) is 1. The molecule has 1 heterocycles. The number of alkyl halides is 4. The number of ketones is 1. The highest BCUT2D eigenvalue weighted by Gasteiger charge is 2.39. The summed E-state index contributed by atoms with van der Waals surface area (Å²) in [5, 5.41) is 2.83. The van der Waals surface area contributed by atoms with E-state index in [2.05, 4.69) is 5.32 Å². The molecule has 0 saturated carbocycles. The number of carbonyl (C=O) groups is 1. The Morgan fingerprint density at radius 1 is 1.42 bits per heavy atom. The Morgan fingerprint density at radius 2 is 2.00 bits per heavy atom. The molecule has 1 aliphatic rings. The summed E-state index contributed by atoms with van der Waals surface area (Å²) in [7, 11) is 0.